The summed E-state index contributed by atoms with van der Waals surface area (Å²) in [6.07, 6.45) is 5.42. The molecule has 0 saturated carbocycles. The van der Waals surface area contributed by atoms with Gasteiger partial charge < -0.3 is 4.74 Å². The Bertz CT molecular complexity index is 155. The van der Waals surface area contributed by atoms with E-state index in [0.717, 1.165) is 13.0 Å². The van der Waals surface area contributed by atoms with E-state index < -0.39 is 0 Å². The minimum atomic E-state index is -0.0218. The lowest BCUT2D eigenvalue weighted by Crippen LogP contribution is -2.18. The number of allylic oxidation sites excluding steroid dienone is 1. The van der Waals surface area contributed by atoms with Gasteiger partial charge >= 0.3 is 0 Å². The predicted octanol–water partition coefficient (Wildman–Crippen LogP) is 3.79. The van der Waals surface area contributed by atoms with Crippen molar-refractivity contribution in [3.63, 3.8) is 0 Å². The largest absolute Gasteiger partial charge is 0.372 e. The van der Waals surface area contributed by atoms with Gasteiger partial charge in [-0.2, -0.15) is 0 Å². The molecule has 0 spiro atoms. The van der Waals surface area contributed by atoms with E-state index in [4.69, 9.17) is 4.74 Å². The zero-order valence-electron chi connectivity index (χ0n) is 9.98. The third-order valence-corrected chi connectivity index (χ3v) is 1.51. The van der Waals surface area contributed by atoms with Crippen LogP contribution in [0.2, 0.25) is 0 Å². The molecule has 1 nitrogen and oxygen atoms in total. The quantitative estimate of drug-likeness (QED) is 0.606. The minimum Gasteiger partial charge on any atom is -0.372 e. The highest BCUT2D eigenvalue weighted by Crippen LogP contribution is 2.18. The summed E-state index contributed by atoms with van der Waals surface area (Å²) in [5, 5.41) is 0. The van der Waals surface area contributed by atoms with Gasteiger partial charge in [-0.05, 0) is 32.6 Å². The van der Waals surface area contributed by atoms with Crippen molar-refractivity contribution in [1.82, 2.24) is 0 Å². The Morgan fingerprint density at radius 1 is 0.923 bits per heavy atom. The van der Waals surface area contributed by atoms with Gasteiger partial charge in [0.2, 0.25) is 0 Å². The summed E-state index contributed by atoms with van der Waals surface area (Å²) in [5.41, 5.74) is 0.365. The second-order valence-corrected chi connectivity index (χ2v) is 5.66. The van der Waals surface area contributed by atoms with Gasteiger partial charge in [0, 0.05) is 0 Å². The van der Waals surface area contributed by atoms with Gasteiger partial charge in [0.15, 0.2) is 0 Å². The Hall–Kier alpha value is -0.300. The van der Waals surface area contributed by atoms with Crippen LogP contribution in [-0.4, -0.2) is 12.2 Å². The van der Waals surface area contributed by atoms with Crippen molar-refractivity contribution in [2.45, 2.75) is 53.6 Å². The zero-order chi connectivity index (χ0) is 10.5. The lowest BCUT2D eigenvalue weighted by molar-refractivity contribution is 0.0149. The summed E-state index contributed by atoms with van der Waals surface area (Å²) in [5.74, 6) is 0. The SMILES string of the molecule is CC(C)(C)C/C=C\COC(C)(C)C. The van der Waals surface area contributed by atoms with Crippen LogP contribution >= 0.6 is 0 Å². The molecule has 0 fully saturated rings. The molecule has 0 aromatic carbocycles. The molecule has 78 valence electrons. The molecule has 0 aliphatic carbocycles. The van der Waals surface area contributed by atoms with Crippen molar-refractivity contribution in [2.24, 2.45) is 5.41 Å². The standard InChI is InChI=1S/C12H24O/c1-11(2,3)9-7-8-10-13-12(4,5)6/h7-8H,9-10H2,1-6H3/b8-7-. The number of hydrogen-bond donors (Lipinski definition) is 0. The molecule has 0 heterocycles. The summed E-state index contributed by atoms with van der Waals surface area (Å²) in [4.78, 5) is 0. The number of ether oxygens (including phenoxy) is 1. The van der Waals surface area contributed by atoms with E-state index in [0.29, 0.717) is 5.41 Å². The molecule has 0 amide bonds. The van der Waals surface area contributed by atoms with E-state index in [9.17, 15) is 0 Å². The smallest absolute Gasteiger partial charge is 0.0654 e. The van der Waals surface area contributed by atoms with Gasteiger partial charge in [-0.25, -0.2) is 0 Å². The molecule has 0 bridgehead atoms. The monoisotopic (exact) mass is 184 g/mol. The first-order valence-electron chi connectivity index (χ1n) is 5.00. The van der Waals surface area contributed by atoms with E-state index in [1.165, 1.54) is 0 Å². The molecular formula is C12H24O. The highest BCUT2D eigenvalue weighted by molar-refractivity contribution is 4.86. The Balaban J connectivity index is 3.55. The molecule has 0 saturated heterocycles. The van der Waals surface area contributed by atoms with Crippen molar-refractivity contribution in [3.05, 3.63) is 12.2 Å². The molecule has 0 radical (unpaired) electrons. The first-order chi connectivity index (χ1) is 5.71. The fraction of sp³-hybridized carbons (Fsp3) is 0.833. The predicted molar refractivity (Wildman–Crippen MR) is 58.9 cm³/mol. The molecule has 0 atom stereocenters. The highest BCUT2D eigenvalue weighted by atomic mass is 16.5. The van der Waals surface area contributed by atoms with Crippen molar-refractivity contribution in [3.8, 4) is 0 Å². The van der Waals surface area contributed by atoms with Crippen LogP contribution in [0.4, 0.5) is 0 Å². The molecule has 1 heteroatoms. The first kappa shape index (κ1) is 12.7. The number of rotatable bonds is 3. The summed E-state index contributed by atoms with van der Waals surface area (Å²) in [6, 6.07) is 0. The van der Waals surface area contributed by atoms with Crippen molar-refractivity contribution in [1.29, 1.82) is 0 Å². The van der Waals surface area contributed by atoms with Gasteiger partial charge in [0.05, 0.1) is 12.2 Å². The maximum Gasteiger partial charge on any atom is 0.0654 e. The van der Waals surface area contributed by atoms with Crippen LogP contribution in [-0.2, 0) is 4.74 Å². The molecule has 0 aliphatic rings. The second-order valence-electron chi connectivity index (χ2n) is 5.66. The molecule has 0 N–H and O–H groups in total. The molecule has 0 aromatic rings. The summed E-state index contributed by atoms with van der Waals surface area (Å²) in [7, 11) is 0. The van der Waals surface area contributed by atoms with Gasteiger partial charge in [0.25, 0.3) is 0 Å². The lowest BCUT2D eigenvalue weighted by atomic mass is 9.92. The Morgan fingerprint density at radius 3 is 1.85 bits per heavy atom. The minimum absolute atomic E-state index is 0.0218. The summed E-state index contributed by atoms with van der Waals surface area (Å²) >= 11 is 0. The number of hydrogen-bond acceptors (Lipinski definition) is 1. The third-order valence-electron chi connectivity index (χ3n) is 1.51. The molecule has 0 aromatic heterocycles. The van der Waals surface area contributed by atoms with Gasteiger partial charge in [0.1, 0.15) is 0 Å². The van der Waals surface area contributed by atoms with E-state index in [-0.39, 0.29) is 5.60 Å². The van der Waals surface area contributed by atoms with Crippen molar-refractivity contribution < 1.29 is 4.74 Å². The topological polar surface area (TPSA) is 9.23 Å². The van der Waals surface area contributed by atoms with E-state index >= 15 is 0 Å². The van der Waals surface area contributed by atoms with Crippen LogP contribution in [0.5, 0.6) is 0 Å². The molecule has 13 heavy (non-hydrogen) atoms. The molecule has 0 rings (SSSR count). The van der Waals surface area contributed by atoms with Crippen LogP contribution in [0, 0.1) is 5.41 Å². The second kappa shape index (κ2) is 4.80. The van der Waals surface area contributed by atoms with Crippen LogP contribution in [0.1, 0.15) is 48.0 Å². The van der Waals surface area contributed by atoms with E-state index in [1.807, 2.05) is 0 Å². The maximum atomic E-state index is 5.56. The Morgan fingerprint density at radius 2 is 1.46 bits per heavy atom. The summed E-state index contributed by atoms with van der Waals surface area (Å²) < 4.78 is 5.56. The fourth-order valence-corrected chi connectivity index (χ4v) is 0.803. The molecule has 0 aliphatic heterocycles. The van der Waals surface area contributed by atoms with Crippen LogP contribution in [0.3, 0.4) is 0 Å². The van der Waals surface area contributed by atoms with Crippen molar-refractivity contribution in [2.75, 3.05) is 6.61 Å². The van der Waals surface area contributed by atoms with Crippen LogP contribution < -0.4 is 0 Å². The van der Waals surface area contributed by atoms with Crippen LogP contribution in [0.15, 0.2) is 12.2 Å². The Labute approximate surface area is 83.2 Å². The van der Waals surface area contributed by atoms with E-state index in [1.54, 1.807) is 0 Å². The molecule has 0 unspecified atom stereocenters. The average molecular weight is 184 g/mol. The Kier molecular flexibility index (Phi) is 4.69. The first-order valence-corrected chi connectivity index (χ1v) is 5.00. The maximum absolute atomic E-state index is 5.56. The lowest BCUT2D eigenvalue weighted by Gasteiger charge is -2.18. The van der Waals surface area contributed by atoms with Gasteiger partial charge in [-0.15, -0.1) is 0 Å². The zero-order valence-corrected chi connectivity index (χ0v) is 9.98. The average Bonchev–Trinajstić information content (AvgIpc) is 1.81. The summed E-state index contributed by atoms with van der Waals surface area (Å²) in [6.45, 7) is 13.7. The van der Waals surface area contributed by atoms with Gasteiger partial charge in [-0.3, -0.25) is 0 Å². The van der Waals surface area contributed by atoms with Crippen molar-refractivity contribution >= 4 is 0 Å². The highest BCUT2D eigenvalue weighted by Gasteiger charge is 2.08. The fourth-order valence-electron chi connectivity index (χ4n) is 0.803. The van der Waals surface area contributed by atoms with Gasteiger partial charge in [-0.1, -0.05) is 32.9 Å². The van der Waals surface area contributed by atoms with Crippen LogP contribution in [0.25, 0.3) is 0 Å². The third kappa shape index (κ3) is 11.7. The molecular weight excluding hydrogens is 160 g/mol. The van der Waals surface area contributed by atoms with E-state index in [2.05, 4.69) is 53.7 Å². The normalized spacial score (nSPS) is 14.0.